The molecule has 9 aromatic rings. The highest BCUT2D eigenvalue weighted by Crippen LogP contribution is 2.46. The lowest BCUT2D eigenvalue weighted by Gasteiger charge is -2.18. The molecule has 0 fully saturated rings. The van der Waals surface area contributed by atoms with Gasteiger partial charge in [0, 0.05) is 21.5 Å². The Kier molecular flexibility index (Phi) is 4.70. The Balaban J connectivity index is 1.37. The van der Waals surface area contributed by atoms with Crippen LogP contribution in [0.5, 0.6) is 0 Å². The van der Waals surface area contributed by atoms with Crippen molar-refractivity contribution in [3.05, 3.63) is 132 Å². The first kappa shape index (κ1) is 22.7. The molecule has 9 rings (SSSR count). The van der Waals surface area contributed by atoms with E-state index in [2.05, 4.69) is 97.1 Å². The largest absolute Gasteiger partial charge is 0.456 e. The third kappa shape index (κ3) is 3.26. The minimum absolute atomic E-state index is 0.690. The molecule has 2 aromatic heterocycles. The Hall–Kier alpha value is -5.05. The van der Waals surface area contributed by atoms with Gasteiger partial charge in [0.05, 0.1) is 5.02 Å². The highest BCUT2D eigenvalue weighted by Gasteiger charge is 2.20. The van der Waals surface area contributed by atoms with E-state index in [1.807, 2.05) is 30.3 Å². The third-order valence-electron chi connectivity index (χ3n) is 8.32. The second-order valence-corrected chi connectivity index (χ2v) is 11.0. The van der Waals surface area contributed by atoms with E-state index in [0.717, 1.165) is 71.3 Å². The molecule has 0 spiro atoms. The van der Waals surface area contributed by atoms with E-state index in [1.54, 1.807) is 0 Å². The Morgan fingerprint density at radius 1 is 0.366 bits per heavy atom. The molecule has 2 heterocycles. The van der Waals surface area contributed by atoms with Crippen molar-refractivity contribution < 1.29 is 8.83 Å². The topological polar surface area (TPSA) is 26.3 Å². The van der Waals surface area contributed by atoms with Gasteiger partial charge in [0.15, 0.2) is 0 Å². The highest BCUT2D eigenvalue weighted by molar-refractivity contribution is 6.38. The minimum atomic E-state index is 0.690. The smallest absolute Gasteiger partial charge is 0.137 e. The number of rotatable bonds is 2. The van der Waals surface area contributed by atoms with Gasteiger partial charge in [-0.3, -0.25) is 0 Å². The number of fused-ring (bicyclic) bond motifs is 8. The van der Waals surface area contributed by atoms with E-state index >= 15 is 0 Å². The maximum Gasteiger partial charge on any atom is 0.137 e. The van der Waals surface area contributed by atoms with Crippen LogP contribution in [0.15, 0.2) is 136 Å². The SMILES string of the molecule is Clc1cc(-c2c3ccccc3c(-c3ccc4c(c3)oc3ccccc34)c3ccccc23)cc2oc3ccccc3c12. The second kappa shape index (κ2) is 8.47. The molecule has 0 aliphatic carbocycles. The Bertz CT molecular complexity index is 2440. The fourth-order valence-electron chi connectivity index (χ4n) is 6.58. The Morgan fingerprint density at radius 2 is 0.829 bits per heavy atom. The van der Waals surface area contributed by atoms with Crippen molar-refractivity contribution in [1.29, 1.82) is 0 Å². The van der Waals surface area contributed by atoms with Crippen LogP contribution in [0.2, 0.25) is 5.02 Å². The molecular formula is C38H21ClO2. The normalized spacial score (nSPS) is 12.0. The molecule has 0 amide bonds. The number of benzene rings is 7. The van der Waals surface area contributed by atoms with Crippen LogP contribution >= 0.6 is 11.6 Å². The van der Waals surface area contributed by atoms with Crippen molar-refractivity contribution in [2.24, 2.45) is 0 Å². The highest BCUT2D eigenvalue weighted by atomic mass is 35.5. The van der Waals surface area contributed by atoms with Crippen molar-refractivity contribution in [2.75, 3.05) is 0 Å². The van der Waals surface area contributed by atoms with Gasteiger partial charge in [0.1, 0.15) is 22.3 Å². The molecule has 3 heteroatoms. The summed E-state index contributed by atoms with van der Waals surface area (Å²) in [7, 11) is 0. The Labute approximate surface area is 240 Å². The lowest BCUT2D eigenvalue weighted by atomic mass is 9.85. The van der Waals surface area contributed by atoms with Gasteiger partial charge in [0.25, 0.3) is 0 Å². The fourth-order valence-corrected chi connectivity index (χ4v) is 6.89. The van der Waals surface area contributed by atoms with Gasteiger partial charge in [-0.05, 0) is 80.2 Å². The van der Waals surface area contributed by atoms with Gasteiger partial charge in [-0.15, -0.1) is 0 Å². The molecule has 0 radical (unpaired) electrons. The summed E-state index contributed by atoms with van der Waals surface area (Å²) >= 11 is 6.98. The molecular weight excluding hydrogens is 524 g/mol. The summed E-state index contributed by atoms with van der Waals surface area (Å²) in [6, 6.07) is 44.3. The molecule has 2 nitrogen and oxygen atoms in total. The quantitative estimate of drug-likeness (QED) is 0.202. The maximum absolute atomic E-state index is 6.98. The summed E-state index contributed by atoms with van der Waals surface area (Å²) in [4.78, 5) is 0. The van der Waals surface area contributed by atoms with Crippen molar-refractivity contribution in [1.82, 2.24) is 0 Å². The molecule has 0 N–H and O–H groups in total. The summed E-state index contributed by atoms with van der Waals surface area (Å²) in [6.45, 7) is 0. The number of furan rings is 2. The first-order valence-corrected chi connectivity index (χ1v) is 14.1. The molecule has 41 heavy (non-hydrogen) atoms. The van der Waals surface area contributed by atoms with Gasteiger partial charge in [0.2, 0.25) is 0 Å². The molecule has 192 valence electrons. The van der Waals surface area contributed by atoms with Crippen LogP contribution in [0.3, 0.4) is 0 Å². The van der Waals surface area contributed by atoms with Crippen LogP contribution in [0.1, 0.15) is 0 Å². The average molecular weight is 545 g/mol. The average Bonchev–Trinajstić information content (AvgIpc) is 3.57. The van der Waals surface area contributed by atoms with Gasteiger partial charge in [-0.2, -0.15) is 0 Å². The number of hydrogen-bond donors (Lipinski definition) is 0. The fraction of sp³-hybridized carbons (Fsp3) is 0. The van der Waals surface area contributed by atoms with E-state index in [4.69, 9.17) is 20.4 Å². The van der Waals surface area contributed by atoms with Gasteiger partial charge >= 0.3 is 0 Å². The van der Waals surface area contributed by atoms with E-state index in [9.17, 15) is 0 Å². The minimum Gasteiger partial charge on any atom is -0.456 e. The number of para-hydroxylation sites is 2. The number of hydrogen-bond acceptors (Lipinski definition) is 2. The van der Waals surface area contributed by atoms with E-state index in [0.29, 0.717) is 5.02 Å². The van der Waals surface area contributed by atoms with Crippen molar-refractivity contribution in [2.45, 2.75) is 0 Å². The standard InChI is InChI=1S/C38H21ClO2/c39-31-19-23(21-35-38(31)30-14-6-8-16-33(30)41-35)37-28-12-3-1-10-26(28)36(27-11-2-4-13-29(27)37)22-17-18-25-24-9-5-7-15-32(24)40-34(25)20-22/h1-21H. The van der Waals surface area contributed by atoms with Crippen molar-refractivity contribution >= 4 is 77.0 Å². The van der Waals surface area contributed by atoms with E-state index in [-0.39, 0.29) is 0 Å². The molecule has 0 aliphatic rings. The van der Waals surface area contributed by atoms with E-state index < -0.39 is 0 Å². The predicted molar refractivity (Wildman–Crippen MR) is 172 cm³/mol. The molecule has 0 unspecified atom stereocenters. The molecule has 0 saturated carbocycles. The van der Waals surface area contributed by atoms with Crippen LogP contribution in [0.25, 0.3) is 87.7 Å². The number of halogens is 1. The molecule has 7 aromatic carbocycles. The zero-order valence-electron chi connectivity index (χ0n) is 21.8. The summed E-state index contributed by atoms with van der Waals surface area (Å²) in [6.07, 6.45) is 0. The molecule has 0 saturated heterocycles. The van der Waals surface area contributed by atoms with Gasteiger partial charge in [-0.1, -0.05) is 103 Å². The molecule has 0 atom stereocenters. The van der Waals surface area contributed by atoms with Crippen LogP contribution in [-0.2, 0) is 0 Å². The van der Waals surface area contributed by atoms with Crippen LogP contribution in [-0.4, -0.2) is 0 Å². The summed E-state index contributed by atoms with van der Waals surface area (Å²) < 4.78 is 12.6. The predicted octanol–water partition coefficient (Wildman–Crippen LogP) is 11.8. The van der Waals surface area contributed by atoms with Crippen molar-refractivity contribution in [3.63, 3.8) is 0 Å². The lowest BCUT2D eigenvalue weighted by Crippen LogP contribution is -1.91. The summed E-state index contributed by atoms with van der Waals surface area (Å²) in [5.74, 6) is 0. The third-order valence-corrected chi connectivity index (χ3v) is 8.62. The van der Waals surface area contributed by atoms with Crippen LogP contribution in [0.4, 0.5) is 0 Å². The summed E-state index contributed by atoms with van der Waals surface area (Å²) in [5.41, 5.74) is 7.93. The van der Waals surface area contributed by atoms with Crippen LogP contribution in [0, 0.1) is 0 Å². The first-order valence-electron chi connectivity index (χ1n) is 13.7. The van der Waals surface area contributed by atoms with Crippen molar-refractivity contribution in [3.8, 4) is 22.3 Å². The maximum atomic E-state index is 6.98. The zero-order valence-corrected chi connectivity index (χ0v) is 22.6. The molecule has 0 bridgehead atoms. The first-order chi connectivity index (χ1) is 20.2. The summed E-state index contributed by atoms with van der Waals surface area (Å²) in [5, 5.41) is 9.63. The van der Waals surface area contributed by atoms with E-state index in [1.165, 1.54) is 16.3 Å². The van der Waals surface area contributed by atoms with Gasteiger partial charge < -0.3 is 8.83 Å². The molecule has 0 aliphatic heterocycles. The zero-order chi connectivity index (χ0) is 27.1. The van der Waals surface area contributed by atoms with Crippen LogP contribution < -0.4 is 0 Å². The second-order valence-electron chi connectivity index (χ2n) is 10.6. The lowest BCUT2D eigenvalue weighted by molar-refractivity contribution is 0.668. The monoisotopic (exact) mass is 544 g/mol. The van der Waals surface area contributed by atoms with Gasteiger partial charge in [-0.25, -0.2) is 0 Å². The Morgan fingerprint density at radius 3 is 1.49 bits per heavy atom.